The van der Waals surface area contributed by atoms with E-state index < -0.39 is 0 Å². The molecule has 1 fully saturated rings. The largest absolute Gasteiger partial charge is 0.491 e. The summed E-state index contributed by atoms with van der Waals surface area (Å²) in [6.07, 6.45) is 3.70. The lowest BCUT2D eigenvalue weighted by atomic mass is 10.1. The van der Waals surface area contributed by atoms with Gasteiger partial charge in [0.2, 0.25) is 0 Å². The molecule has 0 amide bonds. The molecule has 3 rings (SSSR count). The van der Waals surface area contributed by atoms with Gasteiger partial charge in [0.15, 0.2) is 0 Å². The fourth-order valence-electron chi connectivity index (χ4n) is 2.52. The molecule has 3 heteroatoms. The highest BCUT2D eigenvalue weighted by atomic mass is 16.5. The van der Waals surface area contributed by atoms with Gasteiger partial charge in [0.25, 0.3) is 0 Å². The summed E-state index contributed by atoms with van der Waals surface area (Å²) in [6, 6.07) is 8.62. The van der Waals surface area contributed by atoms with Crippen LogP contribution in [0.1, 0.15) is 19.3 Å². The van der Waals surface area contributed by atoms with E-state index in [1.54, 1.807) is 0 Å². The van der Waals surface area contributed by atoms with E-state index in [-0.39, 0.29) is 0 Å². The maximum Gasteiger partial charge on any atom is 0.142 e. The quantitative estimate of drug-likeness (QED) is 0.866. The van der Waals surface area contributed by atoms with Crippen molar-refractivity contribution in [3.05, 3.63) is 24.3 Å². The topological polar surface area (TPSA) is 38.5 Å². The monoisotopic (exact) mass is 232 g/mol. The number of para-hydroxylation sites is 2. The van der Waals surface area contributed by atoms with Crippen LogP contribution >= 0.6 is 0 Å². The van der Waals surface area contributed by atoms with Gasteiger partial charge in [-0.25, -0.2) is 0 Å². The van der Waals surface area contributed by atoms with Crippen LogP contribution in [0.25, 0.3) is 0 Å². The third-order valence-corrected chi connectivity index (χ3v) is 3.69. The van der Waals surface area contributed by atoms with E-state index >= 15 is 0 Å². The number of benzene rings is 1. The number of anilines is 1. The van der Waals surface area contributed by atoms with Gasteiger partial charge in [-0.15, -0.1) is 0 Å². The molecule has 2 aliphatic rings. The summed E-state index contributed by atoms with van der Waals surface area (Å²) in [5.41, 5.74) is 7.44. The lowest BCUT2D eigenvalue weighted by molar-refractivity contribution is 0.322. The van der Waals surface area contributed by atoms with E-state index in [1.165, 1.54) is 18.5 Å². The molecule has 1 aromatic rings. The van der Waals surface area contributed by atoms with E-state index in [2.05, 4.69) is 23.1 Å². The lowest BCUT2D eigenvalue weighted by Gasteiger charge is -2.26. The van der Waals surface area contributed by atoms with Gasteiger partial charge < -0.3 is 15.4 Å². The molecule has 92 valence electrons. The zero-order valence-electron chi connectivity index (χ0n) is 10.1. The summed E-state index contributed by atoms with van der Waals surface area (Å²) in [4.78, 5) is 2.39. The average Bonchev–Trinajstić information content (AvgIpc) is 3.16. The molecule has 2 N–H and O–H groups in total. The fourth-order valence-corrected chi connectivity index (χ4v) is 2.52. The highest BCUT2D eigenvalue weighted by Crippen LogP contribution is 2.35. The Morgan fingerprint density at radius 2 is 2.18 bits per heavy atom. The SMILES string of the molecule is NC(CN1CCCOc2ccccc21)C1CC1. The first kappa shape index (κ1) is 10.9. The van der Waals surface area contributed by atoms with Gasteiger partial charge >= 0.3 is 0 Å². The van der Waals surface area contributed by atoms with Crippen LogP contribution in [-0.4, -0.2) is 25.7 Å². The molecule has 0 radical (unpaired) electrons. The molecule has 0 bridgehead atoms. The molecule has 1 aliphatic carbocycles. The molecule has 3 nitrogen and oxygen atoms in total. The third-order valence-electron chi connectivity index (χ3n) is 3.69. The maximum absolute atomic E-state index is 6.24. The summed E-state index contributed by atoms with van der Waals surface area (Å²) >= 11 is 0. The van der Waals surface area contributed by atoms with E-state index in [0.717, 1.165) is 37.8 Å². The van der Waals surface area contributed by atoms with Gasteiger partial charge in [-0.1, -0.05) is 12.1 Å². The Labute approximate surface area is 103 Å². The smallest absolute Gasteiger partial charge is 0.142 e. The minimum absolute atomic E-state index is 0.321. The molecule has 1 aromatic carbocycles. The Bertz CT molecular complexity index is 390. The summed E-state index contributed by atoms with van der Waals surface area (Å²) in [6.45, 7) is 2.83. The summed E-state index contributed by atoms with van der Waals surface area (Å²) in [5.74, 6) is 1.76. The Morgan fingerprint density at radius 3 is 3.00 bits per heavy atom. The van der Waals surface area contributed by atoms with Crippen LogP contribution < -0.4 is 15.4 Å². The first-order valence-electron chi connectivity index (χ1n) is 6.57. The van der Waals surface area contributed by atoms with Crippen molar-refractivity contribution in [3.63, 3.8) is 0 Å². The standard InChI is InChI=1S/C14H20N2O/c15-12(11-6-7-11)10-16-8-3-9-17-14-5-2-1-4-13(14)16/h1-2,4-5,11-12H,3,6-10,15H2. The van der Waals surface area contributed by atoms with Crippen molar-refractivity contribution in [2.75, 3.05) is 24.6 Å². The van der Waals surface area contributed by atoms with E-state index in [9.17, 15) is 0 Å². The van der Waals surface area contributed by atoms with Crippen LogP contribution in [0.15, 0.2) is 24.3 Å². The summed E-state index contributed by atoms with van der Waals surface area (Å²) < 4.78 is 5.75. The highest BCUT2D eigenvalue weighted by molar-refractivity contribution is 5.59. The van der Waals surface area contributed by atoms with Crippen molar-refractivity contribution in [1.82, 2.24) is 0 Å². The number of hydrogen-bond donors (Lipinski definition) is 1. The van der Waals surface area contributed by atoms with E-state index in [1.807, 2.05) is 6.07 Å². The molecular formula is C14H20N2O. The molecule has 1 heterocycles. The van der Waals surface area contributed by atoms with Crippen LogP contribution in [0, 0.1) is 5.92 Å². The van der Waals surface area contributed by atoms with Crippen LogP contribution in [0.3, 0.4) is 0 Å². The molecular weight excluding hydrogens is 212 g/mol. The zero-order chi connectivity index (χ0) is 11.7. The third kappa shape index (κ3) is 2.39. The molecule has 0 aromatic heterocycles. The Morgan fingerprint density at radius 1 is 1.35 bits per heavy atom. The molecule has 1 unspecified atom stereocenters. The van der Waals surface area contributed by atoms with Crippen molar-refractivity contribution in [3.8, 4) is 5.75 Å². The second kappa shape index (κ2) is 4.57. The molecule has 0 spiro atoms. The minimum Gasteiger partial charge on any atom is -0.491 e. The van der Waals surface area contributed by atoms with Gasteiger partial charge in [-0.05, 0) is 37.3 Å². The van der Waals surface area contributed by atoms with Crippen molar-refractivity contribution >= 4 is 5.69 Å². The Balaban J connectivity index is 1.78. The van der Waals surface area contributed by atoms with E-state index in [4.69, 9.17) is 10.5 Å². The van der Waals surface area contributed by atoms with Crippen molar-refractivity contribution in [2.24, 2.45) is 11.7 Å². The van der Waals surface area contributed by atoms with Crippen LogP contribution in [0.5, 0.6) is 5.75 Å². The summed E-state index contributed by atoms with van der Waals surface area (Å²) in [7, 11) is 0. The highest BCUT2D eigenvalue weighted by Gasteiger charge is 2.30. The van der Waals surface area contributed by atoms with E-state index in [0.29, 0.717) is 6.04 Å². The second-order valence-corrected chi connectivity index (χ2v) is 5.12. The maximum atomic E-state index is 6.24. The van der Waals surface area contributed by atoms with Crippen LogP contribution in [0.2, 0.25) is 0 Å². The number of fused-ring (bicyclic) bond motifs is 1. The predicted molar refractivity (Wildman–Crippen MR) is 69.5 cm³/mol. The Kier molecular flexibility index (Phi) is 2.93. The van der Waals surface area contributed by atoms with Gasteiger partial charge in [0, 0.05) is 19.1 Å². The molecule has 1 aliphatic heterocycles. The number of ether oxygens (including phenoxy) is 1. The first-order chi connectivity index (χ1) is 8.34. The number of nitrogens with zero attached hydrogens (tertiary/aromatic N) is 1. The number of nitrogens with two attached hydrogens (primary N) is 1. The second-order valence-electron chi connectivity index (χ2n) is 5.12. The van der Waals surface area contributed by atoms with Crippen molar-refractivity contribution in [2.45, 2.75) is 25.3 Å². The number of rotatable bonds is 3. The van der Waals surface area contributed by atoms with Gasteiger partial charge in [-0.3, -0.25) is 0 Å². The zero-order valence-corrected chi connectivity index (χ0v) is 10.1. The van der Waals surface area contributed by atoms with Crippen molar-refractivity contribution in [1.29, 1.82) is 0 Å². The molecule has 1 atom stereocenters. The number of hydrogen-bond acceptors (Lipinski definition) is 3. The molecule has 1 saturated carbocycles. The summed E-state index contributed by atoms with van der Waals surface area (Å²) in [5, 5.41) is 0. The predicted octanol–water partition coefficient (Wildman–Crippen LogP) is 2.01. The Hall–Kier alpha value is -1.22. The molecule has 0 saturated heterocycles. The van der Waals surface area contributed by atoms with Crippen LogP contribution in [-0.2, 0) is 0 Å². The van der Waals surface area contributed by atoms with Gasteiger partial charge in [0.05, 0.1) is 12.3 Å². The first-order valence-corrected chi connectivity index (χ1v) is 6.57. The minimum atomic E-state index is 0.321. The lowest BCUT2D eigenvalue weighted by Crippen LogP contribution is -2.39. The van der Waals surface area contributed by atoms with Crippen LogP contribution in [0.4, 0.5) is 5.69 Å². The van der Waals surface area contributed by atoms with Gasteiger partial charge in [0.1, 0.15) is 5.75 Å². The van der Waals surface area contributed by atoms with Gasteiger partial charge in [-0.2, -0.15) is 0 Å². The van der Waals surface area contributed by atoms with Crippen molar-refractivity contribution < 1.29 is 4.74 Å². The molecule has 17 heavy (non-hydrogen) atoms. The fraction of sp³-hybridized carbons (Fsp3) is 0.571. The average molecular weight is 232 g/mol. The normalized spacial score (nSPS) is 21.4.